The van der Waals surface area contributed by atoms with Gasteiger partial charge in [-0.05, 0) is 22.6 Å². The van der Waals surface area contributed by atoms with Crippen molar-refractivity contribution < 1.29 is 0 Å². The third-order valence-electron chi connectivity index (χ3n) is 5.34. The Balaban J connectivity index is 5.92. The van der Waals surface area contributed by atoms with E-state index in [9.17, 15) is 0 Å². The first-order valence-electron chi connectivity index (χ1n) is 8.47. The highest BCUT2D eigenvalue weighted by molar-refractivity contribution is 8.06. The van der Waals surface area contributed by atoms with Crippen molar-refractivity contribution in [1.29, 1.82) is 0 Å². The van der Waals surface area contributed by atoms with Gasteiger partial charge < -0.3 is 0 Å². The van der Waals surface area contributed by atoms with Crippen LogP contribution in [-0.2, 0) is 0 Å². The van der Waals surface area contributed by atoms with Crippen LogP contribution < -0.4 is 0 Å². The van der Waals surface area contributed by atoms with E-state index in [0.717, 1.165) is 9.81 Å². The quantitative estimate of drug-likeness (QED) is 0.363. The molecule has 0 nitrogen and oxygen atoms in total. The summed E-state index contributed by atoms with van der Waals surface area (Å²) in [7, 11) is -3.18. The molecule has 0 aliphatic rings. The monoisotopic (exact) mass is 396 g/mol. The molecule has 0 saturated heterocycles. The zero-order valence-electron chi connectivity index (χ0n) is 17.8. The van der Waals surface area contributed by atoms with E-state index in [1.165, 1.54) is 0 Å². The van der Waals surface area contributed by atoms with Crippen LogP contribution in [0.4, 0.5) is 0 Å². The predicted molar refractivity (Wildman–Crippen MR) is 124 cm³/mol. The standard InChI is InChI=1S/C20H36S2Si2/c1-19(2,3)23(9,10)15-13-17(21-7)18(22-8)14-16-24(11,12)20(4,5)6/h1-12H3/b18-17+. The molecule has 0 spiro atoms. The molecular formula is C20H36S2Si2. The van der Waals surface area contributed by atoms with Gasteiger partial charge in [-0.15, -0.1) is 34.6 Å². The van der Waals surface area contributed by atoms with Gasteiger partial charge in [-0.3, -0.25) is 0 Å². The largest absolute Gasteiger partial charge is 0.138 e. The molecule has 0 aromatic carbocycles. The molecule has 0 aromatic heterocycles. The SMILES string of the molecule is CS/C(C#C[Si](C)(C)C(C)(C)C)=C(\C#C[Si](C)(C)C(C)(C)C)SC. The van der Waals surface area contributed by atoms with Crippen LogP contribution in [0.5, 0.6) is 0 Å². The molecule has 24 heavy (non-hydrogen) atoms. The summed E-state index contributed by atoms with van der Waals surface area (Å²) < 4.78 is 0. The summed E-state index contributed by atoms with van der Waals surface area (Å²) in [6.07, 6.45) is 4.22. The molecule has 0 aliphatic heterocycles. The van der Waals surface area contributed by atoms with Crippen molar-refractivity contribution in [3.05, 3.63) is 9.81 Å². The summed E-state index contributed by atoms with van der Waals surface area (Å²) in [4.78, 5) is 2.28. The minimum absolute atomic E-state index is 0.288. The van der Waals surface area contributed by atoms with Crippen LogP contribution in [0.1, 0.15) is 41.5 Å². The van der Waals surface area contributed by atoms with Crippen molar-refractivity contribution in [2.75, 3.05) is 12.5 Å². The van der Waals surface area contributed by atoms with Gasteiger partial charge in [-0.25, -0.2) is 0 Å². The van der Waals surface area contributed by atoms with Gasteiger partial charge in [0.15, 0.2) is 0 Å². The highest BCUT2D eigenvalue weighted by Crippen LogP contribution is 2.36. The molecule has 0 amide bonds. The maximum atomic E-state index is 3.63. The Hall–Kier alpha value is -0.00623. The lowest BCUT2D eigenvalue weighted by Gasteiger charge is -2.31. The highest BCUT2D eigenvalue weighted by atomic mass is 32.2. The Morgan fingerprint density at radius 2 is 0.875 bits per heavy atom. The Bertz CT molecular complexity index is 538. The molecule has 0 aliphatic carbocycles. The maximum absolute atomic E-state index is 3.63. The third kappa shape index (κ3) is 6.72. The average molecular weight is 397 g/mol. The molecule has 0 aromatic rings. The van der Waals surface area contributed by atoms with Crippen LogP contribution in [0, 0.1) is 22.9 Å². The Morgan fingerprint density at radius 1 is 0.625 bits per heavy atom. The van der Waals surface area contributed by atoms with Crippen LogP contribution in [0.3, 0.4) is 0 Å². The summed E-state index contributed by atoms with van der Waals surface area (Å²) in [5.41, 5.74) is 7.27. The van der Waals surface area contributed by atoms with Crippen LogP contribution in [0.25, 0.3) is 0 Å². The smallest absolute Gasteiger partial charge is 0.125 e. The first-order chi connectivity index (χ1) is 10.6. The fraction of sp³-hybridized carbons (Fsp3) is 0.700. The Labute approximate surface area is 162 Å². The van der Waals surface area contributed by atoms with E-state index in [0.29, 0.717) is 0 Å². The van der Waals surface area contributed by atoms with Crippen LogP contribution in [-0.4, -0.2) is 28.7 Å². The zero-order chi connectivity index (χ0) is 19.4. The van der Waals surface area contributed by atoms with Crippen molar-refractivity contribution in [2.24, 2.45) is 0 Å². The van der Waals surface area contributed by atoms with Gasteiger partial charge in [-0.1, -0.05) is 79.6 Å². The first kappa shape index (κ1) is 24.0. The molecule has 0 atom stereocenters. The molecule has 0 bridgehead atoms. The number of thioether (sulfide) groups is 2. The van der Waals surface area contributed by atoms with Gasteiger partial charge in [0, 0.05) is 0 Å². The number of rotatable bonds is 2. The summed E-state index contributed by atoms with van der Waals surface area (Å²) >= 11 is 3.46. The van der Waals surface area contributed by atoms with Gasteiger partial charge in [0.05, 0.1) is 9.81 Å². The van der Waals surface area contributed by atoms with Crippen molar-refractivity contribution >= 4 is 39.7 Å². The first-order valence-corrected chi connectivity index (χ1v) is 16.9. The molecule has 0 rings (SSSR count). The molecule has 0 unspecified atom stereocenters. The van der Waals surface area contributed by atoms with Crippen LogP contribution in [0.2, 0.25) is 36.3 Å². The second-order valence-corrected chi connectivity index (χ2v) is 20.9. The van der Waals surface area contributed by atoms with Gasteiger partial charge >= 0.3 is 0 Å². The molecular weight excluding hydrogens is 361 g/mol. The summed E-state index contributed by atoms with van der Waals surface area (Å²) in [6.45, 7) is 23.3. The van der Waals surface area contributed by atoms with E-state index >= 15 is 0 Å². The molecule has 136 valence electrons. The van der Waals surface area contributed by atoms with E-state index in [4.69, 9.17) is 0 Å². The molecule has 0 heterocycles. The zero-order valence-corrected chi connectivity index (χ0v) is 21.4. The van der Waals surface area contributed by atoms with E-state index < -0.39 is 16.1 Å². The van der Waals surface area contributed by atoms with E-state index in [-0.39, 0.29) is 10.1 Å². The summed E-state index contributed by atoms with van der Waals surface area (Å²) in [5.74, 6) is 6.98. The lowest BCUT2D eigenvalue weighted by molar-refractivity contribution is 0.730. The lowest BCUT2D eigenvalue weighted by Crippen LogP contribution is -2.35. The van der Waals surface area contributed by atoms with Gasteiger partial charge in [-0.2, -0.15) is 0 Å². The van der Waals surface area contributed by atoms with Crippen molar-refractivity contribution in [3.8, 4) is 22.9 Å². The second-order valence-electron chi connectivity index (χ2n) is 9.32. The number of allylic oxidation sites excluding steroid dienone is 2. The summed E-state index contributed by atoms with van der Waals surface area (Å²) in [6, 6.07) is 0. The Morgan fingerprint density at radius 3 is 1.04 bits per heavy atom. The average Bonchev–Trinajstić information content (AvgIpc) is 2.39. The second kappa shape index (κ2) is 8.59. The normalized spacial score (nSPS) is 14.2. The van der Waals surface area contributed by atoms with Crippen molar-refractivity contribution in [2.45, 2.75) is 77.8 Å². The van der Waals surface area contributed by atoms with Crippen LogP contribution >= 0.6 is 23.5 Å². The minimum Gasteiger partial charge on any atom is -0.125 e. The molecule has 0 N–H and O–H groups in total. The van der Waals surface area contributed by atoms with Gasteiger partial charge in [0.25, 0.3) is 0 Å². The maximum Gasteiger partial charge on any atom is 0.138 e. The predicted octanol–water partition coefficient (Wildman–Crippen LogP) is 7.03. The molecule has 0 saturated carbocycles. The van der Waals surface area contributed by atoms with E-state index in [1.807, 2.05) is 0 Å². The van der Waals surface area contributed by atoms with E-state index in [2.05, 4.69) is 103 Å². The van der Waals surface area contributed by atoms with E-state index in [1.54, 1.807) is 23.5 Å². The van der Waals surface area contributed by atoms with Gasteiger partial charge in [0.1, 0.15) is 16.1 Å². The summed E-state index contributed by atoms with van der Waals surface area (Å²) in [5, 5.41) is 0.575. The minimum atomic E-state index is -1.59. The number of hydrogen-bond donors (Lipinski definition) is 0. The Kier molecular flexibility index (Phi) is 8.58. The fourth-order valence-corrected chi connectivity index (χ4v) is 4.29. The van der Waals surface area contributed by atoms with Crippen LogP contribution in [0.15, 0.2) is 9.81 Å². The molecule has 0 fully saturated rings. The highest BCUT2D eigenvalue weighted by Gasteiger charge is 2.34. The third-order valence-corrected chi connectivity index (χ3v) is 15.9. The lowest BCUT2D eigenvalue weighted by atomic mass is 10.2. The number of hydrogen-bond acceptors (Lipinski definition) is 2. The van der Waals surface area contributed by atoms with Crippen molar-refractivity contribution in [3.63, 3.8) is 0 Å². The fourth-order valence-electron chi connectivity index (χ4n) is 1.20. The topological polar surface area (TPSA) is 0 Å². The van der Waals surface area contributed by atoms with Crippen molar-refractivity contribution in [1.82, 2.24) is 0 Å². The molecule has 4 heteroatoms. The van der Waals surface area contributed by atoms with Gasteiger partial charge in [0.2, 0.25) is 0 Å². The molecule has 0 radical (unpaired) electrons.